The molecule has 5 nitrogen and oxygen atoms in total. The van der Waals surface area contributed by atoms with Gasteiger partial charge in [-0.1, -0.05) is 36.0 Å². The summed E-state index contributed by atoms with van der Waals surface area (Å²) in [5.74, 6) is -0.371. The Bertz CT molecular complexity index is 1020. The number of nitrogens with zero attached hydrogens (tertiary/aromatic N) is 1. The monoisotopic (exact) mass is 380 g/mol. The molecule has 1 aromatic heterocycles. The van der Waals surface area contributed by atoms with Crippen LogP contribution in [0.5, 0.6) is 0 Å². The van der Waals surface area contributed by atoms with Gasteiger partial charge in [-0.05, 0) is 49.2 Å². The number of fused-ring (bicyclic) bond motifs is 1. The van der Waals surface area contributed by atoms with E-state index in [9.17, 15) is 9.59 Å². The van der Waals surface area contributed by atoms with Crippen molar-refractivity contribution in [3.63, 3.8) is 0 Å². The molecule has 0 radical (unpaired) electrons. The minimum atomic E-state index is -0.438. The largest absolute Gasteiger partial charge is 0.465 e. The lowest BCUT2D eigenvalue weighted by Gasteiger charge is -2.09. The van der Waals surface area contributed by atoms with E-state index in [2.05, 4.69) is 16.4 Å². The number of amides is 1. The van der Waals surface area contributed by atoms with E-state index in [0.29, 0.717) is 11.3 Å². The Morgan fingerprint density at radius 3 is 2.63 bits per heavy atom. The van der Waals surface area contributed by atoms with Crippen LogP contribution in [0.2, 0.25) is 0 Å². The molecule has 0 unspecified atom stereocenters. The molecule has 1 amide bonds. The first-order valence-corrected chi connectivity index (χ1v) is 9.44. The Morgan fingerprint density at radius 2 is 1.85 bits per heavy atom. The number of aromatic nitrogens is 1. The van der Waals surface area contributed by atoms with Crippen molar-refractivity contribution in [2.45, 2.75) is 18.9 Å². The van der Waals surface area contributed by atoms with Crippen molar-refractivity contribution in [2.75, 3.05) is 18.2 Å². The van der Waals surface area contributed by atoms with Gasteiger partial charge in [0.2, 0.25) is 5.91 Å². The average molecular weight is 380 g/mol. The van der Waals surface area contributed by atoms with Gasteiger partial charge in [-0.25, -0.2) is 9.78 Å². The van der Waals surface area contributed by atoms with Gasteiger partial charge in [0.25, 0.3) is 0 Å². The highest BCUT2D eigenvalue weighted by molar-refractivity contribution is 7.99. The van der Waals surface area contributed by atoms with Gasteiger partial charge in [-0.3, -0.25) is 4.79 Å². The smallest absolute Gasteiger partial charge is 0.337 e. The number of hydrogen-bond acceptors (Lipinski definition) is 5. The summed E-state index contributed by atoms with van der Waals surface area (Å²) in [5.41, 5.74) is 4.16. The van der Waals surface area contributed by atoms with Crippen molar-refractivity contribution in [2.24, 2.45) is 0 Å². The molecule has 1 heterocycles. The maximum absolute atomic E-state index is 12.3. The van der Waals surface area contributed by atoms with Gasteiger partial charge in [0.1, 0.15) is 0 Å². The number of nitrogens with one attached hydrogen (secondary N) is 1. The van der Waals surface area contributed by atoms with Gasteiger partial charge in [-0.15, -0.1) is 0 Å². The van der Waals surface area contributed by atoms with E-state index >= 15 is 0 Å². The molecule has 0 fully saturated rings. The second-order valence-corrected chi connectivity index (χ2v) is 7.15. The van der Waals surface area contributed by atoms with Crippen molar-refractivity contribution in [1.29, 1.82) is 0 Å². The molecule has 3 rings (SSSR count). The van der Waals surface area contributed by atoms with Crippen LogP contribution in [-0.2, 0) is 9.53 Å². The summed E-state index contributed by atoms with van der Waals surface area (Å²) >= 11 is 1.39. The minimum Gasteiger partial charge on any atom is -0.465 e. The molecule has 138 valence electrons. The number of methoxy groups -OCH3 is 1. The fourth-order valence-electron chi connectivity index (χ4n) is 2.78. The molecule has 0 spiro atoms. The Kier molecular flexibility index (Phi) is 5.76. The summed E-state index contributed by atoms with van der Waals surface area (Å²) in [6.45, 7) is 4.08. The van der Waals surface area contributed by atoms with Crippen LogP contribution >= 0.6 is 11.8 Å². The van der Waals surface area contributed by atoms with Crippen LogP contribution in [0.15, 0.2) is 53.6 Å². The maximum Gasteiger partial charge on any atom is 0.337 e. The number of hydrogen-bond donors (Lipinski definition) is 1. The zero-order chi connectivity index (χ0) is 19.4. The lowest BCUT2D eigenvalue weighted by Crippen LogP contribution is -2.14. The molecule has 0 aliphatic carbocycles. The second kappa shape index (κ2) is 8.22. The molecule has 2 aromatic carbocycles. The summed E-state index contributed by atoms with van der Waals surface area (Å²) < 4.78 is 4.69. The van der Waals surface area contributed by atoms with E-state index in [4.69, 9.17) is 4.74 Å². The number of ether oxygens (including phenoxy) is 1. The summed E-state index contributed by atoms with van der Waals surface area (Å²) in [6, 6.07) is 14.8. The van der Waals surface area contributed by atoms with E-state index in [1.807, 2.05) is 32.0 Å². The van der Waals surface area contributed by atoms with Crippen LogP contribution in [0.1, 0.15) is 21.5 Å². The number of carbonyl (C=O) groups excluding carboxylic acids is 2. The van der Waals surface area contributed by atoms with Crippen LogP contribution in [-0.4, -0.2) is 29.7 Å². The van der Waals surface area contributed by atoms with Gasteiger partial charge < -0.3 is 10.1 Å². The van der Waals surface area contributed by atoms with Crippen molar-refractivity contribution in [1.82, 2.24) is 4.98 Å². The standard InChI is InChI=1S/C21H20N2O3S/c1-13-6-4-9-17-14(2)10-19(23-20(13)17)27-12-18(24)22-16-8-5-7-15(11-16)21(25)26-3/h4-11H,12H2,1-3H3,(H,22,24). The number of thioether (sulfide) groups is 1. The fourth-order valence-corrected chi connectivity index (χ4v) is 3.55. The fraction of sp³-hybridized carbons (Fsp3) is 0.190. The molecule has 0 aliphatic rings. The van der Waals surface area contributed by atoms with E-state index in [1.54, 1.807) is 24.3 Å². The predicted molar refractivity (Wildman–Crippen MR) is 108 cm³/mol. The molecule has 0 saturated heterocycles. The number of carbonyl (C=O) groups is 2. The number of esters is 1. The highest BCUT2D eigenvalue weighted by Crippen LogP contribution is 2.25. The lowest BCUT2D eigenvalue weighted by molar-refractivity contribution is -0.113. The minimum absolute atomic E-state index is 0.161. The van der Waals surface area contributed by atoms with Crippen LogP contribution in [0.25, 0.3) is 10.9 Å². The van der Waals surface area contributed by atoms with E-state index in [-0.39, 0.29) is 11.7 Å². The number of benzene rings is 2. The third kappa shape index (κ3) is 4.46. The first-order valence-electron chi connectivity index (χ1n) is 8.46. The third-order valence-electron chi connectivity index (χ3n) is 4.14. The van der Waals surface area contributed by atoms with Crippen LogP contribution < -0.4 is 5.32 Å². The first-order chi connectivity index (χ1) is 13.0. The quantitative estimate of drug-likeness (QED) is 0.526. The topological polar surface area (TPSA) is 68.3 Å². The third-order valence-corrected chi connectivity index (χ3v) is 5.05. The zero-order valence-electron chi connectivity index (χ0n) is 15.4. The Labute approximate surface area is 162 Å². The van der Waals surface area contributed by atoms with Crippen LogP contribution in [0, 0.1) is 13.8 Å². The van der Waals surface area contributed by atoms with Crippen molar-refractivity contribution >= 4 is 40.2 Å². The maximum atomic E-state index is 12.3. The molecule has 0 bridgehead atoms. The molecular weight excluding hydrogens is 360 g/mol. The lowest BCUT2D eigenvalue weighted by atomic mass is 10.1. The van der Waals surface area contributed by atoms with E-state index in [1.165, 1.54) is 18.9 Å². The van der Waals surface area contributed by atoms with Crippen LogP contribution in [0.3, 0.4) is 0 Å². The number of anilines is 1. The van der Waals surface area contributed by atoms with Gasteiger partial charge >= 0.3 is 5.97 Å². The summed E-state index contributed by atoms with van der Waals surface area (Å²) in [5, 5.41) is 4.74. The zero-order valence-corrected chi connectivity index (χ0v) is 16.2. The van der Waals surface area contributed by atoms with Crippen molar-refractivity contribution < 1.29 is 14.3 Å². The molecule has 3 aromatic rings. The van der Waals surface area contributed by atoms with Gasteiger partial charge in [0, 0.05) is 11.1 Å². The molecule has 0 aliphatic heterocycles. The first kappa shape index (κ1) is 18.9. The summed E-state index contributed by atoms with van der Waals surface area (Å²) in [6.07, 6.45) is 0. The number of para-hydroxylation sites is 1. The van der Waals surface area contributed by atoms with Crippen molar-refractivity contribution in [3.05, 3.63) is 65.2 Å². The number of pyridine rings is 1. The molecule has 0 atom stereocenters. The Balaban J connectivity index is 1.68. The van der Waals surface area contributed by atoms with Gasteiger partial charge in [0.15, 0.2) is 0 Å². The Hall–Kier alpha value is -2.86. The molecule has 6 heteroatoms. The second-order valence-electron chi connectivity index (χ2n) is 6.16. The van der Waals surface area contributed by atoms with Gasteiger partial charge in [0.05, 0.1) is 29.0 Å². The molecule has 0 saturated carbocycles. The Morgan fingerprint density at radius 1 is 1.07 bits per heavy atom. The highest BCUT2D eigenvalue weighted by atomic mass is 32.2. The van der Waals surface area contributed by atoms with Crippen molar-refractivity contribution in [3.8, 4) is 0 Å². The molecule has 1 N–H and O–H groups in total. The molecular formula is C21H20N2O3S. The van der Waals surface area contributed by atoms with E-state index < -0.39 is 5.97 Å². The average Bonchev–Trinajstić information content (AvgIpc) is 2.67. The SMILES string of the molecule is COC(=O)c1cccc(NC(=O)CSc2cc(C)c3cccc(C)c3n2)c1. The number of aryl methyl sites for hydroxylation is 2. The van der Waals surface area contributed by atoms with Gasteiger partial charge in [-0.2, -0.15) is 0 Å². The normalized spacial score (nSPS) is 10.6. The predicted octanol–water partition coefficient (Wildman–Crippen LogP) is 4.37. The molecule has 27 heavy (non-hydrogen) atoms. The summed E-state index contributed by atoms with van der Waals surface area (Å²) in [4.78, 5) is 28.5. The summed E-state index contributed by atoms with van der Waals surface area (Å²) in [7, 11) is 1.32. The highest BCUT2D eigenvalue weighted by Gasteiger charge is 2.10. The van der Waals surface area contributed by atoms with Crippen LogP contribution in [0.4, 0.5) is 5.69 Å². The number of rotatable bonds is 5. The van der Waals surface area contributed by atoms with E-state index in [0.717, 1.165) is 27.1 Å².